The molecule has 0 spiro atoms. The average molecular weight is 566 g/mol. The van der Waals surface area contributed by atoms with Gasteiger partial charge in [-0.25, -0.2) is 9.78 Å². The number of aromatic amines is 2. The zero-order chi connectivity index (χ0) is 28.4. The number of nitrogens with one attached hydrogen (secondary N) is 3. The Balaban J connectivity index is 1.38. The third kappa shape index (κ3) is 5.50. The highest BCUT2D eigenvalue weighted by Crippen LogP contribution is 2.33. The second-order valence-corrected chi connectivity index (χ2v) is 10.3. The van der Waals surface area contributed by atoms with E-state index in [1.165, 1.54) is 19.8 Å². The summed E-state index contributed by atoms with van der Waals surface area (Å²) < 4.78 is 10.0. The minimum atomic E-state index is -0.874. The van der Waals surface area contributed by atoms with Crippen molar-refractivity contribution in [3.05, 3.63) is 74.7 Å². The lowest BCUT2D eigenvalue weighted by atomic mass is 9.88. The molecule has 0 bridgehead atoms. The quantitative estimate of drug-likeness (QED) is 0.248. The fraction of sp³-hybridized carbons (Fsp3) is 0.345. The number of benzene rings is 2. The van der Waals surface area contributed by atoms with Crippen LogP contribution in [0.2, 0.25) is 5.02 Å². The predicted octanol–water partition coefficient (Wildman–Crippen LogP) is 4.98. The average Bonchev–Trinajstić information content (AvgIpc) is 3.39. The molecule has 10 nitrogen and oxygen atoms in total. The van der Waals surface area contributed by atoms with Crippen LogP contribution in [0.5, 0.6) is 5.75 Å². The number of aliphatic hydroxyl groups is 1. The number of amides is 1. The summed E-state index contributed by atoms with van der Waals surface area (Å²) in [5.74, 6) is 1.26. The van der Waals surface area contributed by atoms with E-state index in [1.54, 1.807) is 35.4 Å². The van der Waals surface area contributed by atoms with Gasteiger partial charge in [0, 0.05) is 25.8 Å². The van der Waals surface area contributed by atoms with Gasteiger partial charge in [-0.05, 0) is 66.6 Å². The van der Waals surface area contributed by atoms with Crippen molar-refractivity contribution in [3.8, 4) is 17.1 Å². The van der Waals surface area contributed by atoms with Crippen molar-refractivity contribution in [3.63, 3.8) is 0 Å². The van der Waals surface area contributed by atoms with E-state index in [1.807, 2.05) is 6.92 Å². The zero-order valence-electron chi connectivity index (χ0n) is 22.6. The second kappa shape index (κ2) is 11.6. The highest BCUT2D eigenvalue weighted by atomic mass is 35.5. The number of H-pyrrole nitrogens is 2. The molecule has 2 aromatic carbocycles. The Morgan fingerprint density at radius 1 is 1.23 bits per heavy atom. The molecule has 4 aromatic rings. The maximum absolute atomic E-state index is 13.0. The number of anilines is 1. The summed E-state index contributed by atoms with van der Waals surface area (Å²) in [6.45, 7) is 3.44. The van der Waals surface area contributed by atoms with Gasteiger partial charge in [-0.2, -0.15) is 0 Å². The van der Waals surface area contributed by atoms with Gasteiger partial charge in [-0.15, -0.1) is 0 Å². The third-order valence-corrected chi connectivity index (χ3v) is 7.74. The van der Waals surface area contributed by atoms with Crippen molar-refractivity contribution in [2.75, 3.05) is 39.2 Å². The van der Waals surface area contributed by atoms with Crippen LogP contribution < -0.4 is 15.6 Å². The van der Waals surface area contributed by atoms with Gasteiger partial charge in [0.2, 0.25) is 0 Å². The standard InChI is InChI=1S/C29H32ClN5O5/c1-16-12-19(17-7-10-35(11-8-17)29(38)40-3)14-22-26(16)34-27(33-22)25-21(6-9-31-28(25)37)32-15-23(36)18-4-5-24(39-2)20(30)13-18/h4-6,9,12-14,17,23,36H,7-8,10-11,15H2,1-3H3,(H,33,34)(H2,31,32,37)/t23-/m1/s1. The number of aryl methyl sites for hydroxylation is 1. The first-order valence-electron chi connectivity index (χ1n) is 13.1. The first-order valence-corrected chi connectivity index (χ1v) is 13.5. The van der Waals surface area contributed by atoms with E-state index in [9.17, 15) is 14.7 Å². The lowest BCUT2D eigenvalue weighted by Gasteiger charge is -2.31. The number of fused-ring (bicyclic) bond motifs is 1. The van der Waals surface area contributed by atoms with Gasteiger partial charge in [-0.1, -0.05) is 23.7 Å². The number of rotatable bonds is 7. The molecule has 40 heavy (non-hydrogen) atoms. The summed E-state index contributed by atoms with van der Waals surface area (Å²) in [7, 11) is 2.93. The van der Waals surface area contributed by atoms with Crippen LogP contribution in [0.4, 0.5) is 10.5 Å². The highest BCUT2D eigenvalue weighted by Gasteiger charge is 2.25. The number of carbonyl (C=O) groups is 1. The predicted molar refractivity (Wildman–Crippen MR) is 154 cm³/mol. The largest absolute Gasteiger partial charge is 0.495 e. The maximum Gasteiger partial charge on any atom is 0.409 e. The fourth-order valence-corrected chi connectivity index (χ4v) is 5.54. The topological polar surface area (TPSA) is 133 Å². The van der Waals surface area contributed by atoms with E-state index in [0.29, 0.717) is 52.4 Å². The van der Waals surface area contributed by atoms with Crippen molar-refractivity contribution in [2.45, 2.75) is 31.8 Å². The number of imidazole rings is 1. The third-order valence-electron chi connectivity index (χ3n) is 7.44. The summed E-state index contributed by atoms with van der Waals surface area (Å²) in [4.78, 5) is 37.4. The molecule has 1 fully saturated rings. The summed E-state index contributed by atoms with van der Waals surface area (Å²) in [5.41, 5.74) is 4.99. The Kier molecular flexibility index (Phi) is 7.99. The van der Waals surface area contributed by atoms with Crippen LogP contribution >= 0.6 is 11.6 Å². The summed E-state index contributed by atoms with van der Waals surface area (Å²) in [6.07, 6.45) is 2.07. The van der Waals surface area contributed by atoms with E-state index >= 15 is 0 Å². The molecule has 0 unspecified atom stereocenters. The van der Waals surface area contributed by atoms with Gasteiger partial charge in [0.1, 0.15) is 17.1 Å². The van der Waals surface area contributed by atoms with Crippen LogP contribution in [0.15, 0.2) is 47.4 Å². The van der Waals surface area contributed by atoms with Crippen LogP contribution in [0, 0.1) is 6.92 Å². The molecular formula is C29H32ClN5O5. The number of pyridine rings is 1. The van der Waals surface area contributed by atoms with Crippen molar-refractivity contribution < 1.29 is 19.4 Å². The van der Waals surface area contributed by atoms with Crippen LogP contribution in [0.25, 0.3) is 22.4 Å². The lowest BCUT2D eigenvalue weighted by Crippen LogP contribution is -2.37. The van der Waals surface area contributed by atoms with Gasteiger partial charge in [0.05, 0.1) is 42.1 Å². The zero-order valence-corrected chi connectivity index (χ0v) is 23.3. The number of hydrogen-bond donors (Lipinski definition) is 4. The molecule has 2 aromatic heterocycles. The molecule has 1 aliphatic heterocycles. The molecule has 1 saturated heterocycles. The molecule has 1 aliphatic rings. The number of carbonyl (C=O) groups excluding carboxylic acids is 1. The van der Waals surface area contributed by atoms with Crippen LogP contribution in [0.1, 0.15) is 41.6 Å². The van der Waals surface area contributed by atoms with Crippen LogP contribution in [-0.4, -0.2) is 64.9 Å². The van der Waals surface area contributed by atoms with E-state index in [2.05, 4.69) is 27.4 Å². The Labute approximate surface area is 236 Å². The number of piperidine rings is 1. The minimum absolute atomic E-state index is 0.146. The Bertz CT molecular complexity index is 1590. The molecule has 210 valence electrons. The van der Waals surface area contributed by atoms with Crippen molar-refractivity contribution >= 4 is 34.4 Å². The summed E-state index contributed by atoms with van der Waals surface area (Å²) in [5, 5.41) is 14.4. The fourth-order valence-electron chi connectivity index (χ4n) is 5.27. The van der Waals surface area contributed by atoms with E-state index < -0.39 is 6.10 Å². The first-order chi connectivity index (χ1) is 19.3. The SMILES string of the molecule is COC(=O)N1CCC(c2cc(C)c3nc(-c4c(NC[C@@H](O)c5ccc(OC)c(Cl)c5)cc[nH]c4=O)[nH]c3c2)CC1. The number of aromatic nitrogens is 3. The Morgan fingerprint density at radius 2 is 2.00 bits per heavy atom. The molecule has 0 radical (unpaired) electrons. The highest BCUT2D eigenvalue weighted by molar-refractivity contribution is 6.32. The number of ether oxygens (including phenoxy) is 2. The van der Waals surface area contributed by atoms with E-state index in [-0.39, 0.29) is 18.2 Å². The van der Waals surface area contributed by atoms with Crippen LogP contribution in [-0.2, 0) is 4.74 Å². The lowest BCUT2D eigenvalue weighted by molar-refractivity contribution is 0.112. The minimum Gasteiger partial charge on any atom is -0.495 e. The van der Waals surface area contributed by atoms with Crippen molar-refractivity contribution in [2.24, 2.45) is 0 Å². The molecule has 1 amide bonds. The van der Waals surface area contributed by atoms with Gasteiger partial charge in [0.25, 0.3) is 5.56 Å². The number of halogens is 1. The monoisotopic (exact) mass is 565 g/mol. The molecule has 0 saturated carbocycles. The van der Waals surface area contributed by atoms with E-state index in [4.69, 9.17) is 26.1 Å². The normalized spacial score (nSPS) is 14.8. The van der Waals surface area contributed by atoms with Crippen LogP contribution in [0.3, 0.4) is 0 Å². The Morgan fingerprint density at radius 3 is 2.70 bits per heavy atom. The number of likely N-dealkylation sites (tertiary alicyclic amines) is 1. The molecule has 3 heterocycles. The molecular weight excluding hydrogens is 534 g/mol. The number of nitrogens with zero attached hydrogens (tertiary/aromatic N) is 2. The molecule has 11 heteroatoms. The molecule has 5 rings (SSSR count). The maximum atomic E-state index is 13.0. The number of hydrogen-bond acceptors (Lipinski definition) is 7. The molecule has 0 aliphatic carbocycles. The first kappa shape index (κ1) is 27.5. The second-order valence-electron chi connectivity index (χ2n) is 9.94. The molecule has 4 N–H and O–H groups in total. The summed E-state index contributed by atoms with van der Waals surface area (Å²) in [6, 6.07) is 11.1. The van der Waals surface area contributed by atoms with Crippen molar-refractivity contribution in [1.29, 1.82) is 0 Å². The molecule has 1 atom stereocenters. The van der Waals surface area contributed by atoms with Gasteiger partial charge in [0.15, 0.2) is 0 Å². The van der Waals surface area contributed by atoms with Gasteiger partial charge < -0.3 is 34.8 Å². The van der Waals surface area contributed by atoms with Crippen molar-refractivity contribution in [1.82, 2.24) is 19.9 Å². The van der Waals surface area contributed by atoms with Gasteiger partial charge >= 0.3 is 6.09 Å². The summed E-state index contributed by atoms with van der Waals surface area (Å²) >= 11 is 6.22. The number of aliphatic hydroxyl groups excluding tert-OH is 1. The number of methoxy groups -OCH3 is 2. The van der Waals surface area contributed by atoms with Gasteiger partial charge in [-0.3, -0.25) is 4.79 Å². The Hall–Kier alpha value is -4.02. The smallest absolute Gasteiger partial charge is 0.409 e. The van der Waals surface area contributed by atoms with E-state index in [0.717, 1.165) is 29.4 Å².